The molecule has 0 radical (unpaired) electrons. The Hall–Kier alpha value is -3.86. The summed E-state index contributed by atoms with van der Waals surface area (Å²) in [6.45, 7) is 1.13. The topological polar surface area (TPSA) is 125 Å². The van der Waals surface area contributed by atoms with Crippen LogP contribution in [0.2, 0.25) is 0 Å². The average Bonchev–Trinajstić information content (AvgIpc) is 2.89. The van der Waals surface area contributed by atoms with E-state index in [2.05, 4.69) is 9.97 Å². The standard InChI is InChI=1S/C25H22N4O5S/c26-25(30)20-15-19(35(31,32)29-10-12-33-13-11-29)8-9-24(20)34-18-5-3-4-17(14-18)23-16-27-21-6-1-2-7-22(21)28-23/h1-9,14-16H,10-13H2,(H2,26,30). The van der Waals surface area contributed by atoms with Crippen LogP contribution < -0.4 is 10.5 Å². The number of nitrogens with zero attached hydrogens (tertiary/aromatic N) is 3. The number of para-hydroxylation sites is 2. The predicted molar refractivity (Wildman–Crippen MR) is 130 cm³/mol. The summed E-state index contributed by atoms with van der Waals surface area (Å²) >= 11 is 0. The number of amides is 1. The van der Waals surface area contributed by atoms with Gasteiger partial charge >= 0.3 is 0 Å². The number of carbonyl (C=O) groups is 1. The van der Waals surface area contributed by atoms with Crippen molar-refractivity contribution in [3.63, 3.8) is 0 Å². The van der Waals surface area contributed by atoms with Crippen molar-refractivity contribution in [1.82, 2.24) is 14.3 Å². The van der Waals surface area contributed by atoms with Crippen LogP contribution in [0.1, 0.15) is 10.4 Å². The number of hydrogen-bond acceptors (Lipinski definition) is 7. The van der Waals surface area contributed by atoms with Crippen molar-refractivity contribution in [1.29, 1.82) is 0 Å². The molecule has 0 atom stereocenters. The van der Waals surface area contributed by atoms with E-state index in [0.29, 0.717) is 24.7 Å². The Labute approximate surface area is 202 Å². The molecule has 0 spiro atoms. The molecule has 9 nitrogen and oxygen atoms in total. The Kier molecular flexibility index (Phi) is 6.16. The first kappa shape index (κ1) is 22.9. The number of nitrogens with two attached hydrogens (primary N) is 1. The number of fused-ring (bicyclic) bond motifs is 1. The molecule has 1 saturated heterocycles. The fourth-order valence-electron chi connectivity index (χ4n) is 3.83. The monoisotopic (exact) mass is 490 g/mol. The number of sulfonamides is 1. The molecule has 2 N–H and O–H groups in total. The molecular formula is C25H22N4O5S. The number of rotatable bonds is 6. The molecule has 0 unspecified atom stereocenters. The number of carbonyl (C=O) groups excluding carboxylic acids is 1. The van der Waals surface area contributed by atoms with Gasteiger partial charge in [-0.15, -0.1) is 0 Å². The SMILES string of the molecule is NC(=O)c1cc(S(=O)(=O)N2CCOCC2)ccc1Oc1cccc(-c2cnc3ccccc3n2)c1. The number of aromatic nitrogens is 2. The van der Waals surface area contributed by atoms with Gasteiger partial charge in [-0.25, -0.2) is 13.4 Å². The minimum absolute atomic E-state index is 0.0271. The molecule has 0 saturated carbocycles. The van der Waals surface area contributed by atoms with E-state index in [9.17, 15) is 13.2 Å². The molecule has 0 aliphatic carbocycles. The summed E-state index contributed by atoms with van der Waals surface area (Å²) in [6.07, 6.45) is 1.68. The maximum atomic E-state index is 13.0. The first-order chi connectivity index (χ1) is 16.9. The van der Waals surface area contributed by atoms with Gasteiger partial charge in [-0.2, -0.15) is 4.31 Å². The van der Waals surface area contributed by atoms with Gasteiger partial charge in [0.2, 0.25) is 10.0 Å². The molecule has 3 aromatic carbocycles. The van der Waals surface area contributed by atoms with E-state index in [1.54, 1.807) is 24.4 Å². The van der Waals surface area contributed by atoms with Crippen molar-refractivity contribution in [2.24, 2.45) is 5.73 Å². The van der Waals surface area contributed by atoms with Crippen LogP contribution in [0.4, 0.5) is 0 Å². The van der Waals surface area contributed by atoms with Crippen LogP contribution in [0, 0.1) is 0 Å². The zero-order chi connectivity index (χ0) is 24.4. The number of morpholine rings is 1. The molecule has 0 bridgehead atoms. The minimum Gasteiger partial charge on any atom is -0.457 e. The maximum absolute atomic E-state index is 13.0. The second kappa shape index (κ2) is 9.41. The summed E-state index contributed by atoms with van der Waals surface area (Å²) in [4.78, 5) is 21.2. The van der Waals surface area contributed by atoms with E-state index in [4.69, 9.17) is 15.2 Å². The van der Waals surface area contributed by atoms with Crippen molar-refractivity contribution < 1.29 is 22.7 Å². The summed E-state index contributed by atoms with van der Waals surface area (Å²) in [5, 5.41) is 0. The Morgan fingerprint density at radius 2 is 1.74 bits per heavy atom. The Bertz CT molecular complexity index is 1520. The second-order valence-electron chi connectivity index (χ2n) is 7.91. The maximum Gasteiger partial charge on any atom is 0.252 e. The van der Waals surface area contributed by atoms with E-state index in [0.717, 1.165) is 16.6 Å². The van der Waals surface area contributed by atoms with Gasteiger partial charge in [-0.05, 0) is 42.5 Å². The van der Waals surface area contributed by atoms with Gasteiger partial charge in [0.1, 0.15) is 11.5 Å². The summed E-state index contributed by atoms with van der Waals surface area (Å²) < 4.78 is 38.5. The highest BCUT2D eigenvalue weighted by Gasteiger charge is 2.28. The highest BCUT2D eigenvalue weighted by atomic mass is 32.2. The van der Waals surface area contributed by atoms with Gasteiger partial charge in [0.25, 0.3) is 5.91 Å². The lowest BCUT2D eigenvalue weighted by atomic mass is 10.1. The van der Waals surface area contributed by atoms with Crippen LogP contribution >= 0.6 is 0 Å². The Balaban J connectivity index is 1.45. The van der Waals surface area contributed by atoms with Crippen molar-refractivity contribution in [3.8, 4) is 22.8 Å². The Morgan fingerprint density at radius 1 is 0.971 bits per heavy atom. The van der Waals surface area contributed by atoms with E-state index < -0.39 is 15.9 Å². The van der Waals surface area contributed by atoms with Crippen LogP contribution in [-0.4, -0.2) is 54.9 Å². The second-order valence-corrected chi connectivity index (χ2v) is 9.85. The number of ether oxygens (including phenoxy) is 2. The lowest BCUT2D eigenvalue weighted by Gasteiger charge is -2.26. The van der Waals surface area contributed by atoms with E-state index in [1.807, 2.05) is 30.3 Å². The fraction of sp³-hybridized carbons (Fsp3) is 0.160. The van der Waals surface area contributed by atoms with Crippen LogP contribution in [0.3, 0.4) is 0 Å². The zero-order valence-electron chi connectivity index (χ0n) is 18.6. The van der Waals surface area contributed by atoms with Crippen molar-refractivity contribution in [3.05, 3.63) is 78.5 Å². The highest BCUT2D eigenvalue weighted by molar-refractivity contribution is 7.89. The number of hydrogen-bond donors (Lipinski definition) is 1. The van der Waals surface area contributed by atoms with Crippen molar-refractivity contribution in [2.75, 3.05) is 26.3 Å². The van der Waals surface area contributed by atoms with Crippen LogP contribution in [0.5, 0.6) is 11.5 Å². The molecule has 35 heavy (non-hydrogen) atoms. The summed E-state index contributed by atoms with van der Waals surface area (Å²) in [6, 6.07) is 18.8. The van der Waals surface area contributed by atoms with Gasteiger partial charge in [-0.1, -0.05) is 24.3 Å². The molecule has 178 valence electrons. The highest BCUT2D eigenvalue weighted by Crippen LogP contribution is 2.31. The van der Waals surface area contributed by atoms with Crippen LogP contribution in [0.15, 0.2) is 77.8 Å². The van der Waals surface area contributed by atoms with Gasteiger partial charge < -0.3 is 15.2 Å². The van der Waals surface area contributed by atoms with Crippen LogP contribution in [0.25, 0.3) is 22.3 Å². The molecule has 1 aromatic heterocycles. The van der Waals surface area contributed by atoms with Crippen LogP contribution in [-0.2, 0) is 14.8 Å². The summed E-state index contributed by atoms with van der Waals surface area (Å²) in [5.41, 5.74) is 8.53. The molecule has 10 heteroatoms. The fourth-order valence-corrected chi connectivity index (χ4v) is 5.26. The van der Waals surface area contributed by atoms with Gasteiger partial charge in [0.05, 0.1) is 46.6 Å². The molecule has 1 aliphatic rings. The lowest BCUT2D eigenvalue weighted by molar-refractivity contribution is 0.0730. The first-order valence-corrected chi connectivity index (χ1v) is 12.4. The smallest absolute Gasteiger partial charge is 0.252 e. The van der Waals surface area contributed by atoms with E-state index in [-0.39, 0.29) is 29.3 Å². The van der Waals surface area contributed by atoms with Gasteiger partial charge in [0, 0.05) is 18.7 Å². The zero-order valence-corrected chi connectivity index (χ0v) is 19.4. The minimum atomic E-state index is -3.79. The summed E-state index contributed by atoms with van der Waals surface area (Å²) in [5.74, 6) is -0.209. The van der Waals surface area contributed by atoms with Crippen molar-refractivity contribution in [2.45, 2.75) is 4.90 Å². The summed E-state index contributed by atoms with van der Waals surface area (Å²) in [7, 11) is -3.79. The van der Waals surface area contributed by atoms with Gasteiger partial charge in [0.15, 0.2) is 0 Å². The lowest BCUT2D eigenvalue weighted by Crippen LogP contribution is -2.40. The molecule has 5 rings (SSSR count). The van der Waals surface area contributed by atoms with E-state index in [1.165, 1.54) is 22.5 Å². The number of primary amides is 1. The molecule has 1 aliphatic heterocycles. The largest absolute Gasteiger partial charge is 0.457 e. The number of benzene rings is 3. The molecule has 4 aromatic rings. The van der Waals surface area contributed by atoms with E-state index >= 15 is 0 Å². The third-order valence-corrected chi connectivity index (χ3v) is 7.53. The Morgan fingerprint density at radius 3 is 2.51 bits per heavy atom. The molecular weight excluding hydrogens is 468 g/mol. The third kappa shape index (κ3) is 4.72. The molecule has 1 amide bonds. The molecule has 1 fully saturated rings. The average molecular weight is 491 g/mol. The van der Waals surface area contributed by atoms with Gasteiger partial charge in [-0.3, -0.25) is 9.78 Å². The molecule has 2 heterocycles. The third-order valence-electron chi connectivity index (χ3n) is 5.63. The normalized spacial score (nSPS) is 14.6. The predicted octanol–water partition coefficient (Wildman–Crippen LogP) is 3.21. The first-order valence-electron chi connectivity index (χ1n) is 10.9. The van der Waals surface area contributed by atoms with Crippen molar-refractivity contribution >= 4 is 27.0 Å². The quantitative estimate of drug-likeness (QED) is 0.440.